The molecule has 0 bridgehead atoms. The summed E-state index contributed by atoms with van der Waals surface area (Å²) in [5, 5.41) is 3.34. The number of hydrogen-bond acceptors (Lipinski definition) is 7. The van der Waals surface area contributed by atoms with Gasteiger partial charge in [0.2, 0.25) is 0 Å². The molecular formula is C18H24N4O5S. The van der Waals surface area contributed by atoms with Gasteiger partial charge in [-0.1, -0.05) is 20.3 Å². The molecule has 0 atom stereocenters. The lowest BCUT2D eigenvalue weighted by atomic mass is 10.2. The van der Waals surface area contributed by atoms with Crippen LogP contribution in [0.2, 0.25) is 0 Å². The Bertz CT molecular complexity index is 932. The Hall–Kier alpha value is -2.88. The molecule has 0 saturated heterocycles. The fourth-order valence-electron chi connectivity index (χ4n) is 2.63. The van der Waals surface area contributed by atoms with Crippen molar-refractivity contribution in [3.8, 4) is 0 Å². The van der Waals surface area contributed by atoms with E-state index in [1.54, 1.807) is 16.8 Å². The number of nitrogens with one attached hydrogen (secondary N) is 1. The number of esters is 1. The number of hydrogen-bond donors (Lipinski definition) is 2. The zero-order valence-electron chi connectivity index (χ0n) is 15.9. The minimum atomic E-state index is -0.747. The SMILES string of the molecule is CCCCN(C(=O)COC(=O)c1ccsc1)c1c(N)n(CCC)c(=O)[nH]c1=O. The van der Waals surface area contributed by atoms with Crippen molar-refractivity contribution in [1.29, 1.82) is 0 Å². The first-order chi connectivity index (χ1) is 13.4. The van der Waals surface area contributed by atoms with Crippen LogP contribution >= 0.6 is 11.3 Å². The predicted molar refractivity (Wildman–Crippen MR) is 108 cm³/mol. The van der Waals surface area contributed by atoms with E-state index in [9.17, 15) is 19.2 Å². The highest BCUT2D eigenvalue weighted by Gasteiger charge is 2.25. The number of thiophene rings is 1. The summed E-state index contributed by atoms with van der Waals surface area (Å²) in [5.74, 6) is -1.29. The zero-order chi connectivity index (χ0) is 20.7. The van der Waals surface area contributed by atoms with E-state index in [1.807, 2.05) is 13.8 Å². The first kappa shape index (κ1) is 21.4. The number of nitrogens with two attached hydrogens (primary N) is 1. The number of unbranched alkanes of at least 4 members (excludes halogenated alkanes) is 1. The number of aromatic nitrogens is 2. The molecule has 0 fully saturated rings. The Morgan fingerprint density at radius 1 is 1.29 bits per heavy atom. The number of nitrogens with zero attached hydrogens (tertiary/aromatic N) is 2. The number of carbonyl (C=O) groups excluding carboxylic acids is 2. The number of amides is 1. The van der Waals surface area contributed by atoms with E-state index in [0.29, 0.717) is 24.9 Å². The molecule has 2 aromatic rings. The first-order valence-electron chi connectivity index (χ1n) is 9.02. The fourth-order valence-corrected chi connectivity index (χ4v) is 3.26. The zero-order valence-corrected chi connectivity index (χ0v) is 16.7. The van der Waals surface area contributed by atoms with E-state index in [0.717, 1.165) is 6.42 Å². The van der Waals surface area contributed by atoms with Gasteiger partial charge in [0.15, 0.2) is 12.3 Å². The average Bonchev–Trinajstić information content (AvgIpc) is 3.20. The molecule has 0 unspecified atom stereocenters. The highest BCUT2D eigenvalue weighted by Crippen LogP contribution is 2.18. The van der Waals surface area contributed by atoms with Gasteiger partial charge in [0.1, 0.15) is 5.82 Å². The second-order valence-electron chi connectivity index (χ2n) is 6.13. The van der Waals surface area contributed by atoms with Crippen molar-refractivity contribution < 1.29 is 14.3 Å². The van der Waals surface area contributed by atoms with Gasteiger partial charge >= 0.3 is 11.7 Å². The van der Waals surface area contributed by atoms with E-state index in [2.05, 4.69) is 4.98 Å². The van der Waals surface area contributed by atoms with Crippen molar-refractivity contribution in [1.82, 2.24) is 9.55 Å². The summed E-state index contributed by atoms with van der Waals surface area (Å²) in [4.78, 5) is 52.5. The van der Waals surface area contributed by atoms with Crippen molar-refractivity contribution in [3.63, 3.8) is 0 Å². The lowest BCUT2D eigenvalue weighted by Gasteiger charge is -2.24. The summed E-state index contributed by atoms with van der Waals surface area (Å²) in [6, 6.07) is 1.59. The van der Waals surface area contributed by atoms with Gasteiger partial charge < -0.3 is 15.4 Å². The summed E-state index contributed by atoms with van der Waals surface area (Å²) in [5.41, 5.74) is 4.94. The Labute approximate surface area is 165 Å². The third kappa shape index (κ3) is 4.89. The standard InChI is InChI=1S/C18H24N4O5S/c1-3-5-8-21(13(23)10-27-17(25)12-6-9-28-11-12)14-15(19)22(7-4-2)18(26)20-16(14)24/h6,9,11H,3-5,7-8,10,19H2,1-2H3,(H,20,24,26). The van der Waals surface area contributed by atoms with E-state index >= 15 is 0 Å². The van der Waals surface area contributed by atoms with Crippen LogP contribution in [-0.2, 0) is 16.1 Å². The summed E-state index contributed by atoms with van der Waals surface area (Å²) in [6.45, 7) is 3.77. The smallest absolute Gasteiger partial charge is 0.339 e. The van der Waals surface area contributed by atoms with Crippen LogP contribution in [0.4, 0.5) is 11.5 Å². The third-order valence-electron chi connectivity index (χ3n) is 4.05. The molecule has 28 heavy (non-hydrogen) atoms. The number of H-pyrrole nitrogens is 1. The topological polar surface area (TPSA) is 127 Å². The van der Waals surface area contributed by atoms with Gasteiger partial charge in [0, 0.05) is 18.5 Å². The Balaban J connectivity index is 2.31. The lowest BCUT2D eigenvalue weighted by Crippen LogP contribution is -2.43. The number of anilines is 2. The number of ether oxygens (including phenoxy) is 1. The second kappa shape index (κ2) is 9.88. The average molecular weight is 408 g/mol. The second-order valence-corrected chi connectivity index (χ2v) is 6.91. The quantitative estimate of drug-likeness (QED) is 0.607. The molecule has 152 valence electrons. The molecule has 0 aliphatic rings. The monoisotopic (exact) mass is 408 g/mol. The van der Waals surface area contributed by atoms with Crippen LogP contribution in [0, 0.1) is 0 Å². The lowest BCUT2D eigenvalue weighted by molar-refractivity contribution is -0.121. The van der Waals surface area contributed by atoms with Crippen LogP contribution in [0.3, 0.4) is 0 Å². The molecule has 3 N–H and O–H groups in total. The van der Waals surface area contributed by atoms with Gasteiger partial charge in [0.05, 0.1) is 5.56 Å². The highest BCUT2D eigenvalue weighted by molar-refractivity contribution is 7.08. The minimum Gasteiger partial charge on any atom is -0.452 e. The molecule has 2 aromatic heterocycles. The number of carbonyl (C=O) groups is 2. The summed E-state index contributed by atoms with van der Waals surface area (Å²) in [6.07, 6.45) is 2.00. The van der Waals surface area contributed by atoms with Crippen molar-refractivity contribution in [2.24, 2.45) is 0 Å². The third-order valence-corrected chi connectivity index (χ3v) is 4.73. The van der Waals surface area contributed by atoms with Crippen LogP contribution in [0.5, 0.6) is 0 Å². The Morgan fingerprint density at radius 3 is 2.64 bits per heavy atom. The first-order valence-corrected chi connectivity index (χ1v) is 9.97. The molecule has 1 amide bonds. The van der Waals surface area contributed by atoms with E-state index < -0.39 is 29.7 Å². The van der Waals surface area contributed by atoms with Crippen LogP contribution < -0.4 is 21.9 Å². The van der Waals surface area contributed by atoms with Crippen molar-refractivity contribution in [3.05, 3.63) is 43.2 Å². The summed E-state index contributed by atoms with van der Waals surface area (Å²) < 4.78 is 6.29. The van der Waals surface area contributed by atoms with Gasteiger partial charge in [-0.2, -0.15) is 11.3 Å². The molecule has 0 aliphatic carbocycles. The Morgan fingerprint density at radius 2 is 2.04 bits per heavy atom. The normalized spacial score (nSPS) is 10.6. The predicted octanol–water partition coefficient (Wildman–Crippen LogP) is 1.58. The molecule has 0 saturated carbocycles. The number of nitrogen functional groups attached to an aromatic ring is 1. The number of rotatable bonds is 9. The van der Waals surface area contributed by atoms with Gasteiger partial charge in [-0.25, -0.2) is 9.59 Å². The molecule has 10 heteroatoms. The van der Waals surface area contributed by atoms with Gasteiger partial charge in [-0.15, -0.1) is 0 Å². The van der Waals surface area contributed by atoms with E-state index in [4.69, 9.17) is 10.5 Å². The molecule has 9 nitrogen and oxygen atoms in total. The molecule has 0 spiro atoms. The summed E-state index contributed by atoms with van der Waals surface area (Å²) >= 11 is 1.34. The van der Waals surface area contributed by atoms with E-state index in [-0.39, 0.29) is 18.1 Å². The van der Waals surface area contributed by atoms with E-state index in [1.165, 1.54) is 20.8 Å². The van der Waals surface area contributed by atoms with Crippen LogP contribution in [0.1, 0.15) is 43.5 Å². The van der Waals surface area contributed by atoms with Gasteiger partial charge in [-0.05, 0) is 24.3 Å². The fraction of sp³-hybridized carbons (Fsp3) is 0.444. The molecule has 0 aromatic carbocycles. The molecule has 2 rings (SSSR count). The van der Waals surface area contributed by atoms with Gasteiger partial charge in [-0.3, -0.25) is 19.1 Å². The minimum absolute atomic E-state index is 0.0794. The van der Waals surface area contributed by atoms with Crippen LogP contribution in [-0.4, -0.2) is 34.6 Å². The van der Waals surface area contributed by atoms with Crippen molar-refractivity contribution in [2.75, 3.05) is 23.8 Å². The highest BCUT2D eigenvalue weighted by atomic mass is 32.1. The van der Waals surface area contributed by atoms with Crippen molar-refractivity contribution >= 4 is 34.7 Å². The maximum Gasteiger partial charge on any atom is 0.339 e. The molecule has 0 aliphatic heterocycles. The molecule has 2 heterocycles. The number of aromatic amines is 1. The molecule has 0 radical (unpaired) electrons. The maximum absolute atomic E-state index is 12.7. The van der Waals surface area contributed by atoms with Crippen LogP contribution in [0.25, 0.3) is 0 Å². The largest absolute Gasteiger partial charge is 0.452 e. The van der Waals surface area contributed by atoms with Crippen molar-refractivity contribution in [2.45, 2.75) is 39.7 Å². The maximum atomic E-state index is 12.7. The summed E-state index contributed by atoms with van der Waals surface area (Å²) in [7, 11) is 0. The Kier molecular flexibility index (Phi) is 7.56. The molecular weight excluding hydrogens is 384 g/mol. The van der Waals surface area contributed by atoms with Crippen LogP contribution in [0.15, 0.2) is 26.4 Å². The van der Waals surface area contributed by atoms with Gasteiger partial charge in [0.25, 0.3) is 11.5 Å².